The lowest BCUT2D eigenvalue weighted by Crippen LogP contribution is -2.52. The maximum Gasteiger partial charge on any atom is 0.0796 e. The third kappa shape index (κ3) is 3.28. The maximum absolute atomic E-state index is 10.3. The molecule has 0 aliphatic carbocycles. The van der Waals surface area contributed by atoms with Gasteiger partial charge >= 0.3 is 0 Å². The molecule has 2 rings (SSSR count). The number of likely N-dealkylation sites (tertiary alicyclic amines) is 1. The molecule has 0 saturated carbocycles. The largest absolute Gasteiger partial charge is 0.392 e. The van der Waals surface area contributed by atoms with Gasteiger partial charge in [0, 0.05) is 26.1 Å². The molecule has 1 aliphatic heterocycles. The lowest BCUT2D eigenvalue weighted by Gasteiger charge is -2.41. The van der Waals surface area contributed by atoms with Crippen LogP contribution in [-0.2, 0) is 6.54 Å². The SMILES string of the molecule is CC[C@@]1(O)C[C@@H](O)CN(Cc2ccccc2)C1. The number of piperidine rings is 1. The number of rotatable bonds is 3. The summed E-state index contributed by atoms with van der Waals surface area (Å²) in [6.45, 7) is 4.06. The Morgan fingerprint density at radius 2 is 2.06 bits per heavy atom. The van der Waals surface area contributed by atoms with Gasteiger partial charge in [-0.3, -0.25) is 4.90 Å². The van der Waals surface area contributed by atoms with Crippen molar-refractivity contribution in [2.75, 3.05) is 13.1 Å². The zero-order valence-electron chi connectivity index (χ0n) is 10.3. The van der Waals surface area contributed by atoms with Crippen LogP contribution in [0.25, 0.3) is 0 Å². The quantitative estimate of drug-likeness (QED) is 0.832. The summed E-state index contributed by atoms with van der Waals surface area (Å²) >= 11 is 0. The van der Waals surface area contributed by atoms with E-state index in [9.17, 15) is 10.2 Å². The summed E-state index contributed by atoms with van der Waals surface area (Å²) in [6.07, 6.45) is 0.766. The summed E-state index contributed by atoms with van der Waals surface area (Å²) in [5.74, 6) is 0. The molecule has 1 fully saturated rings. The van der Waals surface area contributed by atoms with Crippen molar-refractivity contribution in [2.24, 2.45) is 0 Å². The van der Waals surface area contributed by atoms with E-state index < -0.39 is 11.7 Å². The van der Waals surface area contributed by atoms with E-state index in [2.05, 4.69) is 17.0 Å². The third-order valence-electron chi connectivity index (χ3n) is 3.51. The van der Waals surface area contributed by atoms with E-state index in [0.29, 0.717) is 25.9 Å². The van der Waals surface area contributed by atoms with Crippen molar-refractivity contribution in [3.63, 3.8) is 0 Å². The first-order valence-corrected chi connectivity index (χ1v) is 6.28. The number of nitrogens with zero attached hydrogens (tertiary/aromatic N) is 1. The van der Waals surface area contributed by atoms with Crippen molar-refractivity contribution >= 4 is 0 Å². The van der Waals surface area contributed by atoms with Crippen LogP contribution in [0.3, 0.4) is 0 Å². The van der Waals surface area contributed by atoms with Crippen LogP contribution in [0.2, 0.25) is 0 Å². The van der Waals surface area contributed by atoms with Crippen molar-refractivity contribution < 1.29 is 10.2 Å². The lowest BCUT2D eigenvalue weighted by molar-refractivity contribution is -0.0839. The minimum Gasteiger partial charge on any atom is -0.392 e. The molecule has 3 heteroatoms. The smallest absolute Gasteiger partial charge is 0.0796 e. The van der Waals surface area contributed by atoms with E-state index in [1.54, 1.807) is 0 Å². The van der Waals surface area contributed by atoms with E-state index >= 15 is 0 Å². The number of hydrogen-bond donors (Lipinski definition) is 2. The highest BCUT2D eigenvalue weighted by Gasteiger charge is 2.35. The standard InChI is InChI=1S/C14H21NO2/c1-2-14(17)8-13(16)10-15(11-14)9-12-6-4-3-5-7-12/h3-7,13,16-17H,2,8-11H2,1H3/t13-,14-/m1/s1. The van der Waals surface area contributed by atoms with Crippen LogP contribution in [0.4, 0.5) is 0 Å². The predicted molar refractivity (Wildman–Crippen MR) is 67.6 cm³/mol. The van der Waals surface area contributed by atoms with Gasteiger partial charge in [-0.05, 0) is 12.0 Å². The molecule has 3 nitrogen and oxygen atoms in total. The van der Waals surface area contributed by atoms with Gasteiger partial charge in [0.25, 0.3) is 0 Å². The van der Waals surface area contributed by atoms with Crippen LogP contribution in [0.5, 0.6) is 0 Å². The van der Waals surface area contributed by atoms with Gasteiger partial charge < -0.3 is 10.2 Å². The van der Waals surface area contributed by atoms with Crippen molar-refractivity contribution in [3.05, 3.63) is 35.9 Å². The summed E-state index contributed by atoms with van der Waals surface area (Å²) in [4.78, 5) is 2.13. The average Bonchev–Trinajstić information content (AvgIpc) is 2.29. The second kappa shape index (κ2) is 5.17. The molecule has 1 aromatic carbocycles. The molecule has 0 radical (unpaired) electrons. The molecular weight excluding hydrogens is 214 g/mol. The van der Waals surface area contributed by atoms with Gasteiger partial charge in [0.15, 0.2) is 0 Å². The molecule has 0 amide bonds. The Balaban J connectivity index is 2.01. The van der Waals surface area contributed by atoms with Gasteiger partial charge in [-0.15, -0.1) is 0 Å². The summed E-state index contributed by atoms with van der Waals surface area (Å²) < 4.78 is 0. The van der Waals surface area contributed by atoms with Crippen LogP contribution < -0.4 is 0 Å². The molecule has 0 unspecified atom stereocenters. The Bertz CT molecular complexity index is 354. The Morgan fingerprint density at radius 3 is 2.71 bits per heavy atom. The predicted octanol–water partition coefficient (Wildman–Crippen LogP) is 1.39. The van der Waals surface area contributed by atoms with Gasteiger partial charge in [-0.2, -0.15) is 0 Å². The molecule has 0 spiro atoms. The van der Waals surface area contributed by atoms with E-state index in [0.717, 1.165) is 6.54 Å². The van der Waals surface area contributed by atoms with E-state index in [-0.39, 0.29) is 0 Å². The minimum absolute atomic E-state index is 0.419. The zero-order chi connectivity index (χ0) is 12.3. The summed E-state index contributed by atoms with van der Waals surface area (Å²) in [5.41, 5.74) is 0.493. The Morgan fingerprint density at radius 1 is 1.35 bits per heavy atom. The second-order valence-corrected chi connectivity index (χ2v) is 5.09. The lowest BCUT2D eigenvalue weighted by atomic mass is 9.88. The highest BCUT2D eigenvalue weighted by Crippen LogP contribution is 2.25. The molecule has 1 heterocycles. The molecule has 0 aromatic heterocycles. The molecular formula is C14H21NO2. The topological polar surface area (TPSA) is 43.7 Å². The highest BCUT2D eigenvalue weighted by molar-refractivity contribution is 5.14. The normalized spacial score (nSPS) is 30.4. The number of benzene rings is 1. The van der Waals surface area contributed by atoms with Gasteiger partial charge in [0.05, 0.1) is 11.7 Å². The number of aliphatic hydroxyl groups excluding tert-OH is 1. The monoisotopic (exact) mass is 235 g/mol. The maximum atomic E-state index is 10.3. The number of β-amino-alcohol motifs (C(OH)–C–C–N with tert-alkyl or cyclic N) is 2. The van der Waals surface area contributed by atoms with Crippen molar-refractivity contribution in [2.45, 2.75) is 38.0 Å². The van der Waals surface area contributed by atoms with E-state index in [4.69, 9.17) is 0 Å². The van der Waals surface area contributed by atoms with Gasteiger partial charge in [-0.25, -0.2) is 0 Å². The molecule has 1 aromatic rings. The Hall–Kier alpha value is -0.900. The van der Waals surface area contributed by atoms with Gasteiger partial charge in [-0.1, -0.05) is 37.3 Å². The van der Waals surface area contributed by atoms with Crippen LogP contribution in [0.15, 0.2) is 30.3 Å². The average molecular weight is 235 g/mol. The fourth-order valence-electron chi connectivity index (χ4n) is 2.56. The first-order chi connectivity index (χ1) is 8.11. The Labute approximate surface area is 103 Å². The number of hydrogen-bond acceptors (Lipinski definition) is 3. The second-order valence-electron chi connectivity index (χ2n) is 5.09. The van der Waals surface area contributed by atoms with Crippen LogP contribution in [0.1, 0.15) is 25.3 Å². The molecule has 94 valence electrons. The molecule has 2 N–H and O–H groups in total. The van der Waals surface area contributed by atoms with E-state index in [1.165, 1.54) is 5.56 Å². The van der Waals surface area contributed by atoms with Crippen molar-refractivity contribution in [1.82, 2.24) is 4.90 Å². The molecule has 1 aliphatic rings. The van der Waals surface area contributed by atoms with E-state index in [1.807, 2.05) is 25.1 Å². The highest BCUT2D eigenvalue weighted by atomic mass is 16.3. The van der Waals surface area contributed by atoms with Crippen LogP contribution >= 0.6 is 0 Å². The van der Waals surface area contributed by atoms with Gasteiger partial charge in [0.2, 0.25) is 0 Å². The summed E-state index contributed by atoms with van der Waals surface area (Å²) in [5, 5.41) is 20.1. The number of aliphatic hydroxyl groups is 2. The summed E-state index contributed by atoms with van der Waals surface area (Å²) in [6, 6.07) is 10.2. The molecule has 1 saturated heterocycles. The Kier molecular flexibility index (Phi) is 3.82. The first-order valence-electron chi connectivity index (χ1n) is 6.28. The zero-order valence-corrected chi connectivity index (χ0v) is 10.3. The fourth-order valence-corrected chi connectivity index (χ4v) is 2.56. The van der Waals surface area contributed by atoms with Gasteiger partial charge in [0.1, 0.15) is 0 Å². The first kappa shape index (κ1) is 12.6. The molecule has 17 heavy (non-hydrogen) atoms. The fraction of sp³-hybridized carbons (Fsp3) is 0.571. The molecule has 0 bridgehead atoms. The minimum atomic E-state index is -0.730. The van der Waals surface area contributed by atoms with Crippen LogP contribution in [0, 0.1) is 0 Å². The van der Waals surface area contributed by atoms with Crippen LogP contribution in [-0.4, -0.2) is 39.9 Å². The van der Waals surface area contributed by atoms with Crippen molar-refractivity contribution in [1.29, 1.82) is 0 Å². The van der Waals surface area contributed by atoms with Crippen molar-refractivity contribution in [3.8, 4) is 0 Å². The summed E-state index contributed by atoms with van der Waals surface area (Å²) in [7, 11) is 0. The third-order valence-corrected chi connectivity index (χ3v) is 3.51. The molecule has 2 atom stereocenters.